The molecule has 2 rings (SSSR count). The Morgan fingerprint density at radius 2 is 1.85 bits per heavy atom. The number of benzene rings is 1. The van der Waals surface area contributed by atoms with E-state index in [2.05, 4.69) is 23.7 Å². The average molecular weight is 360 g/mol. The molecule has 6 heteroatoms. The Labute approximate surface area is 154 Å². The van der Waals surface area contributed by atoms with Crippen LogP contribution in [0.25, 0.3) is 10.9 Å². The van der Waals surface area contributed by atoms with Crippen molar-refractivity contribution in [1.82, 2.24) is 9.88 Å². The Balaban J connectivity index is 2.07. The second-order valence-corrected chi connectivity index (χ2v) is 6.45. The van der Waals surface area contributed by atoms with Crippen molar-refractivity contribution in [2.24, 2.45) is 0 Å². The summed E-state index contributed by atoms with van der Waals surface area (Å²) in [5.74, 6) is -1.10. The number of carboxylic acid groups (broad SMARTS) is 1. The molecule has 2 N–H and O–H groups in total. The first kappa shape index (κ1) is 20.0. The number of aliphatic carboxylic acids is 1. The van der Waals surface area contributed by atoms with E-state index < -0.39 is 11.9 Å². The largest absolute Gasteiger partial charge is 0.481 e. The highest BCUT2D eigenvalue weighted by Gasteiger charge is 2.13. The fraction of sp³-hybridized carbons (Fsp3) is 0.500. The lowest BCUT2D eigenvalue weighted by atomic mass is 10.1. The van der Waals surface area contributed by atoms with Crippen LogP contribution in [0.15, 0.2) is 24.4 Å². The third-order valence-electron chi connectivity index (χ3n) is 4.31. The molecule has 0 fully saturated rings. The molecule has 1 aromatic heterocycles. The molecule has 0 aliphatic heterocycles. The molecule has 0 saturated carbocycles. The van der Waals surface area contributed by atoms with Crippen LogP contribution in [-0.2, 0) is 16.0 Å². The zero-order chi connectivity index (χ0) is 18.9. The Morgan fingerprint density at radius 3 is 2.50 bits per heavy atom. The fourth-order valence-electron chi connectivity index (χ4n) is 3.11. The van der Waals surface area contributed by atoms with Gasteiger partial charge in [-0.05, 0) is 44.0 Å². The summed E-state index contributed by atoms with van der Waals surface area (Å²) in [5.41, 5.74) is 1.98. The number of carbonyl (C=O) groups is 2. The molecule has 0 unspecified atom stereocenters. The van der Waals surface area contributed by atoms with Gasteiger partial charge in [0.15, 0.2) is 5.75 Å². The molecular formula is C20H28N2O4. The number of carboxylic acids is 1. The van der Waals surface area contributed by atoms with Crippen LogP contribution in [-0.4, -0.2) is 46.6 Å². The van der Waals surface area contributed by atoms with Gasteiger partial charge in [0, 0.05) is 18.1 Å². The van der Waals surface area contributed by atoms with E-state index in [9.17, 15) is 9.59 Å². The Bertz CT molecular complexity index is 732. The number of para-hydroxylation sites is 1. The molecule has 2 aromatic rings. The van der Waals surface area contributed by atoms with E-state index in [1.165, 1.54) is 5.56 Å². The molecule has 0 bridgehead atoms. The molecule has 0 radical (unpaired) electrons. The summed E-state index contributed by atoms with van der Waals surface area (Å²) in [5, 5.41) is 9.71. The minimum Gasteiger partial charge on any atom is -0.481 e. The minimum absolute atomic E-state index is 0.137. The molecule has 1 heterocycles. The van der Waals surface area contributed by atoms with Crippen molar-refractivity contribution in [3.05, 3.63) is 30.0 Å². The highest BCUT2D eigenvalue weighted by molar-refractivity contribution is 5.90. The highest BCUT2D eigenvalue weighted by Crippen LogP contribution is 2.28. The van der Waals surface area contributed by atoms with Crippen molar-refractivity contribution in [3.63, 3.8) is 0 Å². The monoisotopic (exact) mass is 360 g/mol. The number of H-pyrrole nitrogens is 1. The van der Waals surface area contributed by atoms with Gasteiger partial charge in [-0.3, -0.25) is 9.59 Å². The zero-order valence-electron chi connectivity index (χ0n) is 15.6. The number of nitrogens with zero attached hydrogens (tertiary/aromatic N) is 1. The summed E-state index contributed by atoms with van der Waals surface area (Å²) in [6.07, 6.45) is 4.82. The second kappa shape index (κ2) is 9.97. The van der Waals surface area contributed by atoms with Crippen LogP contribution < -0.4 is 4.74 Å². The van der Waals surface area contributed by atoms with Crippen LogP contribution in [0.1, 0.15) is 45.1 Å². The van der Waals surface area contributed by atoms with Gasteiger partial charge >= 0.3 is 11.9 Å². The molecule has 0 aliphatic rings. The Morgan fingerprint density at radius 1 is 1.12 bits per heavy atom. The van der Waals surface area contributed by atoms with Crippen molar-refractivity contribution < 1.29 is 19.4 Å². The van der Waals surface area contributed by atoms with Crippen molar-refractivity contribution in [2.75, 3.05) is 19.6 Å². The van der Waals surface area contributed by atoms with Crippen LogP contribution >= 0.6 is 0 Å². The van der Waals surface area contributed by atoms with Gasteiger partial charge in [0.05, 0.1) is 18.4 Å². The van der Waals surface area contributed by atoms with E-state index in [0.717, 1.165) is 49.8 Å². The Hall–Kier alpha value is -2.34. The molecule has 26 heavy (non-hydrogen) atoms. The maximum atomic E-state index is 11.8. The van der Waals surface area contributed by atoms with Gasteiger partial charge in [0.1, 0.15) is 0 Å². The Kier molecular flexibility index (Phi) is 7.66. The number of hydrogen-bond donors (Lipinski definition) is 2. The van der Waals surface area contributed by atoms with E-state index in [-0.39, 0.29) is 12.8 Å². The van der Waals surface area contributed by atoms with Crippen molar-refractivity contribution in [3.8, 4) is 5.75 Å². The molecule has 142 valence electrons. The predicted molar refractivity (Wildman–Crippen MR) is 102 cm³/mol. The maximum absolute atomic E-state index is 11.8. The third kappa shape index (κ3) is 5.59. The number of nitrogens with one attached hydrogen (secondary N) is 1. The predicted octanol–water partition coefficient (Wildman–Crippen LogP) is 3.60. The lowest BCUT2D eigenvalue weighted by Gasteiger charge is -2.20. The number of fused-ring (bicyclic) bond motifs is 1. The summed E-state index contributed by atoms with van der Waals surface area (Å²) >= 11 is 0. The zero-order valence-corrected chi connectivity index (χ0v) is 15.6. The smallest absolute Gasteiger partial charge is 0.311 e. The van der Waals surface area contributed by atoms with E-state index in [4.69, 9.17) is 9.84 Å². The molecular weight excluding hydrogens is 332 g/mol. The average Bonchev–Trinajstić information content (AvgIpc) is 3.02. The number of hydrogen-bond acceptors (Lipinski definition) is 4. The number of carbonyl (C=O) groups excluding carboxylic acids is 1. The van der Waals surface area contributed by atoms with Crippen molar-refractivity contribution >= 4 is 22.8 Å². The number of ether oxygens (including phenoxy) is 1. The molecule has 0 atom stereocenters. The van der Waals surface area contributed by atoms with E-state index in [0.29, 0.717) is 5.75 Å². The van der Waals surface area contributed by atoms with Gasteiger partial charge in [0.25, 0.3) is 0 Å². The summed E-state index contributed by atoms with van der Waals surface area (Å²) in [7, 11) is 0. The molecule has 0 amide bonds. The van der Waals surface area contributed by atoms with Gasteiger partial charge in [-0.15, -0.1) is 0 Å². The molecule has 0 saturated heterocycles. The summed E-state index contributed by atoms with van der Waals surface area (Å²) in [4.78, 5) is 28.1. The third-order valence-corrected chi connectivity index (χ3v) is 4.31. The summed E-state index contributed by atoms with van der Waals surface area (Å²) < 4.78 is 5.35. The first-order valence-electron chi connectivity index (χ1n) is 9.29. The summed E-state index contributed by atoms with van der Waals surface area (Å²) in [6.45, 7) is 7.58. The van der Waals surface area contributed by atoms with E-state index in [1.807, 2.05) is 18.3 Å². The van der Waals surface area contributed by atoms with Gasteiger partial charge in [-0.2, -0.15) is 0 Å². The van der Waals surface area contributed by atoms with Crippen molar-refractivity contribution in [2.45, 2.75) is 46.0 Å². The number of aromatic amines is 1. The molecule has 6 nitrogen and oxygen atoms in total. The number of esters is 1. The van der Waals surface area contributed by atoms with E-state index >= 15 is 0 Å². The normalized spacial score (nSPS) is 11.2. The van der Waals surface area contributed by atoms with Gasteiger partial charge in [0.2, 0.25) is 0 Å². The highest BCUT2D eigenvalue weighted by atomic mass is 16.5. The van der Waals surface area contributed by atoms with Crippen LogP contribution in [0.4, 0.5) is 0 Å². The lowest BCUT2D eigenvalue weighted by molar-refractivity contribution is -0.142. The van der Waals surface area contributed by atoms with Crippen LogP contribution in [0.5, 0.6) is 5.75 Å². The maximum Gasteiger partial charge on any atom is 0.311 e. The minimum atomic E-state index is -1.01. The van der Waals surface area contributed by atoms with Gasteiger partial charge in [-0.25, -0.2) is 0 Å². The molecule has 0 aliphatic carbocycles. The van der Waals surface area contributed by atoms with E-state index in [1.54, 1.807) is 6.07 Å². The SMILES string of the molecule is CCCN(CCC)CCc1c[nH]c2c(OC(=O)CCC(=O)O)cccc12. The number of rotatable bonds is 11. The van der Waals surface area contributed by atoms with Gasteiger partial charge in [-0.1, -0.05) is 26.0 Å². The quantitative estimate of drug-likeness (QED) is 0.472. The first-order chi connectivity index (χ1) is 12.5. The van der Waals surface area contributed by atoms with Crippen molar-refractivity contribution in [1.29, 1.82) is 0 Å². The van der Waals surface area contributed by atoms with Crippen LogP contribution in [0, 0.1) is 0 Å². The second-order valence-electron chi connectivity index (χ2n) is 6.45. The number of aromatic nitrogens is 1. The van der Waals surface area contributed by atoms with Crippen LogP contribution in [0.2, 0.25) is 0 Å². The standard InChI is InChI=1S/C20H28N2O4/c1-3-11-22(12-4-2)13-10-15-14-21-20-16(15)6-5-7-17(20)26-19(25)9-8-18(23)24/h5-7,14,21H,3-4,8-13H2,1-2H3,(H,23,24). The fourth-order valence-corrected chi connectivity index (χ4v) is 3.11. The molecule has 1 aromatic carbocycles. The topological polar surface area (TPSA) is 82.6 Å². The van der Waals surface area contributed by atoms with Gasteiger partial charge < -0.3 is 19.7 Å². The molecule has 0 spiro atoms. The first-order valence-corrected chi connectivity index (χ1v) is 9.29. The summed E-state index contributed by atoms with van der Waals surface area (Å²) in [6, 6.07) is 5.59. The lowest BCUT2D eigenvalue weighted by Crippen LogP contribution is -2.27. The van der Waals surface area contributed by atoms with Crippen LogP contribution in [0.3, 0.4) is 0 Å².